The lowest BCUT2D eigenvalue weighted by Gasteiger charge is -2.32. The van der Waals surface area contributed by atoms with Crippen LogP contribution in [0.25, 0.3) is 0 Å². The molecule has 2 saturated heterocycles. The molecule has 2 atom stereocenters. The molecule has 144 valence electrons. The Bertz CT molecular complexity index is 623. The van der Waals surface area contributed by atoms with Crippen LogP contribution in [0, 0.1) is 11.8 Å². The summed E-state index contributed by atoms with van der Waals surface area (Å²) in [6.07, 6.45) is 0. The number of likely N-dealkylation sites (tertiary alicyclic amines) is 1. The van der Waals surface area contributed by atoms with Gasteiger partial charge in [0.05, 0.1) is 12.1 Å². The van der Waals surface area contributed by atoms with Gasteiger partial charge < -0.3 is 14.9 Å². The molecule has 26 heavy (non-hydrogen) atoms. The Hall–Kier alpha value is -1.43. The molecule has 0 spiro atoms. The van der Waals surface area contributed by atoms with Gasteiger partial charge in [0.2, 0.25) is 0 Å². The lowest BCUT2D eigenvalue weighted by atomic mass is 9.82. The second-order valence-corrected chi connectivity index (χ2v) is 8.51. The zero-order valence-electron chi connectivity index (χ0n) is 16.6. The molecule has 0 bridgehead atoms. The van der Waals surface area contributed by atoms with Gasteiger partial charge in [0.1, 0.15) is 0 Å². The fraction of sp³-hybridized carbons (Fsp3) is 0.667. The topological polar surface area (TPSA) is 47.0 Å². The molecule has 1 aromatic carbocycles. The molecule has 2 aliphatic rings. The second-order valence-electron chi connectivity index (χ2n) is 8.51. The number of β-amino-alcohol motifs (C(OH)–C–C–N with tert-alkyl or cyclic N) is 1. The summed E-state index contributed by atoms with van der Waals surface area (Å²) in [5, 5.41) is 10.8. The van der Waals surface area contributed by atoms with Crippen LogP contribution >= 0.6 is 0 Å². The number of carbonyl (C=O) groups is 1. The normalized spacial score (nSPS) is 28.1. The van der Waals surface area contributed by atoms with Crippen molar-refractivity contribution in [1.29, 1.82) is 0 Å². The van der Waals surface area contributed by atoms with Crippen molar-refractivity contribution in [2.45, 2.75) is 32.9 Å². The fourth-order valence-electron chi connectivity index (χ4n) is 4.12. The van der Waals surface area contributed by atoms with Gasteiger partial charge in [0, 0.05) is 50.7 Å². The first-order valence-electron chi connectivity index (χ1n) is 9.81. The van der Waals surface area contributed by atoms with E-state index in [-0.39, 0.29) is 17.7 Å². The van der Waals surface area contributed by atoms with Crippen LogP contribution in [0.1, 0.15) is 36.7 Å². The largest absolute Gasteiger partial charge is 0.387 e. The summed E-state index contributed by atoms with van der Waals surface area (Å²) in [6, 6.07) is 8.01. The zero-order valence-corrected chi connectivity index (χ0v) is 16.6. The van der Waals surface area contributed by atoms with Crippen molar-refractivity contribution in [2.75, 3.05) is 46.3 Å². The SMILES string of the molecule is CC(C)[C@]1(O)CN(C(=O)c2ccc(CN3CCN(C)CC3)cc2)C[C@H]1C. The van der Waals surface area contributed by atoms with Crippen LogP contribution in [0.4, 0.5) is 0 Å². The number of piperazine rings is 1. The molecule has 2 fully saturated rings. The van der Waals surface area contributed by atoms with Crippen LogP contribution in [0.2, 0.25) is 0 Å². The minimum atomic E-state index is -0.781. The number of hydrogen-bond donors (Lipinski definition) is 1. The molecular weight excluding hydrogens is 326 g/mol. The molecule has 1 amide bonds. The Morgan fingerprint density at radius 3 is 2.35 bits per heavy atom. The van der Waals surface area contributed by atoms with E-state index in [1.807, 2.05) is 32.9 Å². The van der Waals surface area contributed by atoms with E-state index >= 15 is 0 Å². The maximum absolute atomic E-state index is 12.8. The van der Waals surface area contributed by atoms with Gasteiger partial charge in [-0.25, -0.2) is 0 Å². The summed E-state index contributed by atoms with van der Waals surface area (Å²) in [6.45, 7) is 12.5. The summed E-state index contributed by atoms with van der Waals surface area (Å²) in [7, 11) is 2.16. The lowest BCUT2D eigenvalue weighted by molar-refractivity contribution is -0.0243. The summed E-state index contributed by atoms with van der Waals surface area (Å²) in [5.74, 6) is 0.267. The zero-order chi connectivity index (χ0) is 18.9. The molecule has 0 aliphatic carbocycles. The molecule has 2 heterocycles. The maximum atomic E-state index is 12.8. The standard InChI is InChI=1S/C21H33N3O2/c1-16(2)21(26)15-24(13-17(21)3)20(25)19-7-5-18(6-8-19)14-23-11-9-22(4)10-12-23/h5-8,16-17,26H,9-15H2,1-4H3/t17-,21-/m1/s1. The van der Waals surface area contributed by atoms with E-state index in [2.05, 4.69) is 29.0 Å². The van der Waals surface area contributed by atoms with Crippen LogP contribution in [0.5, 0.6) is 0 Å². The van der Waals surface area contributed by atoms with Crippen molar-refractivity contribution in [3.05, 3.63) is 35.4 Å². The van der Waals surface area contributed by atoms with Crippen LogP contribution in [0.15, 0.2) is 24.3 Å². The van der Waals surface area contributed by atoms with Gasteiger partial charge in [-0.2, -0.15) is 0 Å². The third-order valence-corrected chi connectivity index (χ3v) is 6.28. The Morgan fingerprint density at radius 2 is 1.81 bits per heavy atom. The molecular formula is C21H33N3O2. The van der Waals surface area contributed by atoms with E-state index in [9.17, 15) is 9.90 Å². The molecule has 0 unspecified atom stereocenters. The summed E-state index contributed by atoms with van der Waals surface area (Å²) in [4.78, 5) is 19.5. The smallest absolute Gasteiger partial charge is 0.253 e. The van der Waals surface area contributed by atoms with Gasteiger partial charge in [-0.1, -0.05) is 32.9 Å². The first-order chi connectivity index (χ1) is 12.3. The Balaban J connectivity index is 1.61. The second kappa shape index (κ2) is 7.67. The minimum absolute atomic E-state index is 0.0274. The predicted molar refractivity (Wildman–Crippen MR) is 104 cm³/mol. The number of carbonyl (C=O) groups excluding carboxylic acids is 1. The number of aliphatic hydroxyl groups is 1. The van der Waals surface area contributed by atoms with Crippen molar-refractivity contribution in [1.82, 2.24) is 14.7 Å². The fourth-order valence-corrected chi connectivity index (χ4v) is 4.12. The number of benzene rings is 1. The maximum Gasteiger partial charge on any atom is 0.253 e. The highest BCUT2D eigenvalue weighted by atomic mass is 16.3. The minimum Gasteiger partial charge on any atom is -0.387 e. The van der Waals surface area contributed by atoms with E-state index in [1.165, 1.54) is 5.56 Å². The van der Waals surface area contributed by atoms with Gasteiger partial charge in [-0.15, -0.1) is 0 Å². The average molecular weight is 360 g/mol. The third kappa shape index (κ3) is 3.95. The Labute approximate surface area is 157 Å². The highest BCUT2D eigenvalue weighted by Gasteiger charge is 2.46. The lowest BCUT2D eigenvalue weighted by Crippen LogP contribution is -2.43. The summed E-state index contributed by atoms with van der Waals surface area (Å²) >= 11 is 0. The van der Waals surface area contributed by atoms with Crippen LogP contribution in [0.3, 0.4) is 0 Å². The first kappa shape index (κ1) is 19.3. The molecule has 5 nitrogen and oxygen atoms in total. The summed E-state index contributed by atoms with van der Waals surface area (Å²) in [5.41, 5.74) is 1.18. The quantitative estimate of drug-likeness (QED) is 0.892. The number of rotatable bonds is 4. The highest BCUT2D eigenvalue weighted by molar-refractivity contribution is 5.94. The van der Waals surface area contributed by atoms with E-state index in [1.54, 1.807) is 4.90 Å². The van der Waals surface area contributed by atoms with Crippen molar-refractivity contribution >= 4 is 5.91 Å². The van der Waals surface area contributed by atoms with Gasteiger partial charge in [0.25, 0.3) is 5.91 Å². The Morgan fingerprint density at radius 1 is 1.19 bits per heavy atom. The van der Waals surface area contributed by atoms with Gasteiger partial charge >= 0.3 is 0 Å². The molecule has 1 N–H and O–H groups in total. The number of hydrogen-bond acceptors (Lipinski definition) is 4. The van der Waals surface area contributed by atoms with Crippen molar-refractivity contribution in [2.24, 2.45) is 11.8 Å². The number of amides is 1. The third-order valence-electron chi connectivity index (χ3n) is 6.28. The molecule has 0 saturated carbocycles. The van der Waals surface area contributed by atoms with Crippen LogP contribution < -0.4 is 0 Å². The molecule has 5 heteroatoms. The predicted octanol–water partition coefficient (Wildman–Crippen LogP) is 1.91. The van der Waals surface area contributed by atoms with Crippen molar-refractivity contribution in [3.8, 4) is 0 Å². The highest BCUT2D eigenvalue weighted by Crippen LogP contribution is 2.34. The number of nitrogens with zero attached hydrogens (tertiary/aromatic N) is 3. The monoisotopic (exact) mass is 359 g/mol. The van der Waals surface area contributed by atoms with Gasteiger partial charge in [-0.05, 0) is 30.7 Å². The molecule has 3 rings (SSSR count). The average Bonchev–Trinajstić information content (AvgIpc) is 2.93. The van der Waals surface area contributed by atoms with Crippen molar-refractivity contribution in [3.63, 3.8) is 0 Å². The van der Waals surface area contributed by atoms with Crippen LogP contribution in [-0.4, -0.2) is 77.6 Å². The van der Waals surface area contributed by atoms with Crippen LogP contribution in [-0.2, 0) is 6.54 Å². The molecule has 1 aromatic rings. The van der Waals surface area contributed by atoms with E-state index in [0.29, 0.717) is 18.7 Å². The van der Waals surface area contributed by atoms with Gasteiger partial charge in [0.15, 0.2) is 0 Å². The van der Waals surface area contributed by atoms with E-state index in [4.69, 9.17) is 0 Å². The van der Waals surface area contributed by atoms with Gasteiger partial charge in [-0.3, -0.25) is 9.69 Å². The molecule has 0 aromatic heterocycles. The summed E-state index contributed by atoms with van der Waals surface area (Å²) < 4.78 is 0. The first-order valence-corrected chi connectivity index (χ1v) is 9.81. The molecule has 2 aliphatic heterocycles. The van der Waals surface area contributed by atoms with E-state index < -0.39 is 5.60 Å². The molecule has 0 radical (unpaired) electrons. The van der Waals surface area contributed by atoms with Crippen molar-refractivity contribution < 1.29 is 9.90 Å². The van der Waals surface area contributed by atoms with E-state index in [0.717, 1.165) is 32.7 Å². The Kier molecular flexibility index (Phi) is 5.70. The number of likely N-dealkylation sites (N-methyl/N-ethyl adjacent to an activating group) is 1.